The largest absolute Gasteiger partial charge is 0.444 e. The summed E-state index contributed by atoms with van der Waals surface area (Å²) in [4.78, 5) is 14.2. The Labute approximate surface area is 140 Å². The zero-order valence-electron chi connectivity index (χ0n) is 12.5. The fourth-order valence-electron chi connectivity index (χ4n) is 3.39. The lowest BCUT2D eigenvalue weighted by molar-refractivity contribution is 0.0961. The molecule has 2 aliphatic rings. The number of carbonyl (C=O) groups excluding carboxylic acids is 1. The number of rotatable bonds is 2. The third-order valence-corrected chi connectivity index (χ3v) is 4.75. The van der Waals surface area contributed by atoms with Crippen LogP contribution >= 0.6 is 11.6 Å². The molecule has 1 heterocycles. The van der Waals surface area contributed by atoms with Crippen molar-refractivity contribution >= 4 is 17.7 Å². The first-order valence-electron chi connectivity index (χ1n) is 7.69. The molecule has 0 aromatic heterocycles. The second-order valence-electron chi connectivity index (χ2n) is 5.92. The molecule has 1 aliphatic heterocycles. The van der Waals surface area contributed by atoms with Gasteiger partial charge in [-0.3, -0.25) is 4.90 Å². The topological polar surface area (TPSA) is 29.5 Å². The first kappa shape index (κ1) is 14.3. The van der Waals surface area contributed by atoms with E-state index in [1.54, 1.807) is 4.90 Å². The molecule has 0 radical (unpaired) electrons. The summed E-state index contributed by atoms with van der Waals surface area (Å²) in [6.07, 6.45) is 4.49. The molecule has 1 aliphatic carbocycles. The first-order chi connectivity index (χ1) is 11.2. The van der Waals surface area contributed by atoms with Crippen LogP contribution in [0.3, 0.4) is 0 Å². The molecule has 0 N–H and O–H groups in total. The van der Waals surface area contributed by atoms with Crippen molar-refractivity contribution < 1.29 is 9.53 Å². The number of ether oxygens (including phenoxy) is 1. The van der Waals surface area contributed by atoms with Gasteiger partial charge in [0.05, 0.1) is 6.04 Å². The van der Waals surface area contributed by atoms with E-state index in [1.807, 2.05) is 48.7 Å². The highest BCUT2D eigenvalue weighted by Crippen LogP contribution is 2.48. The zero-order valence-corrected chi connectivity index (χ0v) is 13.2. The maximum absolute atomic E-state index is 12.5. The Balaban J connectivity index is 1.53. The van der Waals surface area contributed by atoms with Crippen molar-refractivity contribution in [2.45, 2.75) is 25.0 Å². The molecule has 4 heteroatoms. The van der Waals surface area contributed by atoms with Gasteiger partial charge < -0.3 is 4.74 Å². The van der Waals surface area contributed by atoms with Crippen LogP contribution in [-0.4, -0.2) is 11.0 Å². The standard InChI is InChI=1S/C19H16ClNO2/c20-15-6-7-16-14-8-9-21(18(10-14)17(16)11-15)19(22)23-12-13-4-2-1-3-5-13/h1-9,11,14,18H,10,12H2/t14-,18+/m1/s1. The fourth-order valence-corrected chi connectivity index (χ4v) is 3.57. The van der Waals surface area contributed by atoms with E-state index in [2.05, 4.69) is 12.1 Å². The van der Waals surface area contributed by atoms with Crippen LogP contribution in [0.4, 0.5) is 4.79 Å². The van der Waals surface area contributed by atoms with Crippen LogP contribution in [0.15, 0.2) is 60.8 Å². The van der Waals surface area contributed by atoms with Gasteiger partial charge in [-0.05, 0) is 35.2 Å². The molecule has 2 bridgehead atoms. The molecule has 0 fully saturated rings. The lowest BCUT2D eigenvalue weighted by atomic mass is 10.0. The third kappa shape index (κ3) is 2.62. The van der Waals surface area contributed by atoms with E-state index >= 15 is 0 Å². The van der Waals surface area contributed by atoms with Crippen molar-refractivity contribution in [1.82, 2.24) is 4.90 Å². The van der Waals surface area contributed by atoms with Gasteiger partial charge in [0.1, 0.15) is 6.61 Å². The van der Waals surface area contributed by atoms with Gasteiger partial charge >= 0.3 is 6.09 Å². The van der Waals surface area contributed by atoms with Crippen LogP contribution in [0, 0.1) is 0 Å². The van der Waals surface area contributed by atoms with Crippen molar-refractivity contribution in [2.24, 2.45) is 0 Å². The Hall–Kier alpha value is -2.26. The second kappa shape index (κ2) is 5.74. The smallest absolute Gasteiger partial charge is 0.414 e. The van der Waals surface area contributed by atoms with Crippen molar-refractivity contribution in [3.63, 3.8) is 0 Å². The minimum absolute atomic E-state index is 0.0157. The van der Waals surface area contributed by atoms with Gasteiger partial charge in [0.25, 0.3) is 0 Å². The van der Waals surface area contributed by atoms with Crippen LogP contribution in [-0.2, 0) is 11.3 Å². The molecule has 116 valence electrons. The lowest BCUT2D eigenvalue weighted by Crippen LogP contribution is -2.31. The van der Waals surface area contributed by atoms with Crippen LogP contribution in [0.25, 0.3) is 0 Å². The summed E-state index contributed by atoms with van der Waals surface area (Å²) in [5.41, 5.74) is 3.37. The molecule has 0 saturated heterocycles. The number of fused-ring (bicyclic) bond motifs is 5. The van der Waals surface area contributed by atoms with Gasteiger partial charge in [0, 0.05) is 17.1 Å². The summed E-state index contributed by atoms with van der Waals surface area (Å²) in [6, 6.07) is 15.7. The van der Waals surface area contributed by atoms with Crippen LogP contribution in [0.1, 0.15) is 35.1 Å². The van der Waals surface area contributed by atoms with E-state index in [0.29, 0.717) is 10.9 Å². The molecule has 1 amide bonds. The third-order valence-electron chi connectivity index (χ3n) is 4.52. The number of amides is 1. The van der Waals surface area contributed by atoms with Gasteiger partial charge in [0.2, 0.25) is 0 Å². The van der Waals surface area contributed by atoms with E-state index < -0.39 is 0 Å². The molecular weight excluding hydrogens is 310 g/mol. The van der Waals surface area contributed by atoms with Crippen LogP contribution in [0.2, 0.25) is 5.02 Å². The number of carbonyl (C=O) groups is 1. The van der Waals surface area contributed by atoms with Gasteiger partial charge in [-0.1, -0.05) is 54.1 Å². The average molecular weight is 326 g/mol. The minimum atomic E-state index is -0.318. The summed E-state index contributed by atoms with van der Waals surface area (Å²) >= 11 is 6.13. The Morgan fingerprint density at radius 1 is 1.17 bits per heavy atom. The number of halogens is 1. The average Bonchev–Trinajstić information content (AvgIpc) is 2.86. The van der Waals surface area contributed by atoms with Crippen molar-refractivity contribution in [3.8, 4) is 0 Å². The maximum Gasteiger partial charge on any atom is 0.414 e. The quantitative estimate of drug-likeness (QED) is 0.774. The van der Waals surface area contributed by atoms with Gasteiger partial charge in [-0.15, -0.1) is 0 Å². The number of nitrogens with zero attached hydrogens (tertiary/aromatic N) is 1. The summed E-state index contributed by atoms with van der Waals surface area (Å²) in [5, 5.41) is 0.703. The van der Waals surface area contributed by atoms with Crippen molar-refractivity contribution in [3.05, 3.63) is 82.5 Å². The van der Waals surface area contributed by atoms with E-state index in [1.165, 1.54) is 5.56 Å². The Kier molecular flexibility index (Phi) is 3.58. The summed E-state index contributed by atoms with van der Waals surface area (Å²) in [6.45, 7) is 0.280. The number of hydrogen-bond acceptors (Lipinski definition) is 2. The first-order valence-corrected chi connectivity index (χ1v) is 8.07. The monoisotopic (exact) mass is 325 g/mol. The molecule has 4 rings (SSSR count). The molecule has 2 atom stereocenters. The fraction of sp³-hybridized carbons (Fsp3) is 0.211. The SMILES string of the molecule is O=C(OCc1ccccc1)N1C=C[C@@H]2C[C@H]1c1cc(Cl)ccc12. The Bertz CT molecular complexity index is 772. The zero-order chi connectivity index (χ0) is 15.8. The lowest BCUT2D eigenvalue weighted by Gasteiger charge is -2.28. The number of allylic oxidation sites excluding steroid dienone is 1. The maximum atomic E-state index is 12.5. The highest BCUT2D eigenvalue weighted by atomic mass is 35.5. The van der Waals surface area contributed by atoms with E-state index in [4.69, 9.17) is 16.3 Å². The summed E-state index contributed by atoms with van der Waals surface area (Å²) < 4.78 is 5.47. The molecule has 3 nitrogen and oxygen atoms in total. The summed E-state index contributed by atoms with van der Waals surface area (Å²) in [7, 11) is 0. The van der Waals surface area contributed by atoms with Gasteiger partial charge in [0.15, 0.2) is 0 Å². The highest BCUT2D eigenvalue weighted by molar-refractivity contribution is 6.30. The molecule has 0 spiro atoms. The number of hydrogen-bond donors (Lipinski definition) is 0. The highest BCUT2D eigenvalue weighted by Gasteiger charge is 2.38. The Morgan fingerprint density at radius 2 is 2.00 bits per heavy atom. The molecule has 2 aromatic carbocycles. The van der Waals surface area contributed by atoms with Gasteiger partial charge in [-0.2, -0.15) is 0 Å². The molecular formula is C19H16ClNO2. The second-order valence-corrected chi connectivity index (χ2v) is 6.36. The molecule has 0 unspecified atom stereocenters. The molecule has 0 saturated carbocycles. The molecule has 23 heavy (non-hydrogen) atoms. The van der Waals surface area contributed by atoms with Crippen molar-refractivity contribution in [2.75, 3.05) is 0 Å². The predicted molar refractivity (Wildman–Crippen MR) is 89.2 cm³/mol. The minimum Gasteiger partial charge on any atom is -0.444 e. The van der Waals surface area contributed by atoms with E-state index in [9.17, 15) is 4.79 Å². The van der Waals surface area contributed by atoms with E-state index in [-0.39, 0.29) is 18.7 Å². The number of benzene rings is 2. The Morgan fingerprint density at radius 3 is 2.83 bits per heavy atom. The van der Waals surface area contributed by atoms with Gasteiger partial charge in [-0.25, -0.2) is 4.79 Å². The van der Waals surface area contributed by atoms with E-state index in [0.717, 1.165) is 17.5 Å². The van der Waals surface area contributed by atoms with Crippen LogP contribution in [0.5, 0.6) is 0 Å². The molecule has 2 aromatic rings. The van der Waals surface area contributed by atoms with Crippen molar-refractivity contribution in [1.29, 1.82) is 0 Å². The summed E-state index contributed by atoms with van der Waals surface area (Å²) in [5.74, 6) is 0.366. The normalized spacial score (nSPS) is 21.2. The van der Waals surface area contributed by atoms with Crippen LogP contribution < -0.4 is 0 Å². The predicted octanol–water partition coefficient (Wildman–Crippen LogP) is 5.03.